The Kier molecular flexibility index (Phi) is 4.17. The number of hydrogen-bond donors (Lipinski definition) is 0. The van der Waals surface area contributed by atoms with E-state index in [-0.39, 0.29) is 12.4 Å². The zero-order valence-electron chi connectivity index (χ0n) is 14.0. The molecule has 5 nitrogen and oxygen atoms in total. The summed E-state index contributed by atoms with van der Waals surface area (Å²) >= 11 is 0. The van der Waals surface area contributed by atoms with Crippen molar-refractivity contribution in [3.63, 3.8) is 0 Å². The molecule has 1 saturated carbocycles. The summed E-state index contributed by atoms with van der Waals surface area (Å²) in [6.07, 6.45) is 9.86. The lowest BCUT2D eigenvalue weighted by molar-refractivity contribution is 0.274. The third-order valence-electron chi connectivity index (χ3n) is 4.64. The van der Waals surface area contributed by atoms with Gasteiger partial charge in [-0.2, -0.15) is 5.10 Å². The molecule has 0 spiro atoms. The van der Waals surface area contributed by atoms with Gasteiger partial charge in [0, 0.05) is 36.8 Å². The van der Waals surface area contributed by atoms with Crippen molar-refractivity contribution in [1.82, 2.24) is 19.7 Å². The second-order valence-electron chi connectivity index (χ2n) is 6.33. The molecule has 25 heavy (non-hydrogen) atoms. The minimum Gasteiger partial charge on any atom is -0.484 e. The van der Waals surface area contributed by atoms with Crippen molar-refractivity contribution in [1.29, 1.82) is 0 Å². The van der Waals surface area contributed by atoms with Crippen molar-refractivity contribution in [3.8, 4) is 17.0 Å². The van der Waals surface area contributed by atoms with E-state index in [1.165, 1.54) is 6.42 Å². The van der Waals surface area contributed by atoms with E-state index in [4.69, 9.17) is 4.74 Å². The third-order valence-corrected chi connectivity index (χ3v) is 4.64. The van der Waals surface area contributed by atoms with Crippen molar-refractivity contribution in [2.75, 3.05) is 0 Å². The van der Waals surface area contributed by atoms with Gasteiger partial charge in [0.25, 0.3) is 0 Å². The molecule has 2 aromatic heterocycles. The monoisotopic (exact) mass is 338 g/mol. The van der Waals surface area contributed by atoms with E-state index < -0.39 is 0 Å². The molecule has 4 rings (SSSR count). The Bertz CT molecular complexity index is 874. The standard InChI is InChI=1S/C19H19FN4O/c1-24-10-7-14(23-24)12-25-19-15(13-3-2-4-13)5-6-16(18(19)20)17-11-21-8-9-22-17/h5-11,13H,2-4,12H2,1H3. The summed E-state index contributed by atoms with van der Waals surface area (Å²) in [5.41, 5.74) is 2.62. The van der Waals surface area contributed by atoms with Crippen LogP contribution in [0.3, 0.4) is 0 Å². The minimum atomic E-state index is -0.374. The van der Waals surface area contributed by atoms with E-state index in [9.17, 15) is 0 Å². The topological polar surface area (TPSA) is 52.8 Å². The van der Waals surface area contributed by atoms with E-state index in [1.807, 2.05) is 25.4 Å². The Morgan fingerprint density at radius 2 is 2.12 bits per heavy atom. The van der Waals surface area contributed by atoms with Crippen molar-refractivity contribution in [2.24, 2.45) is 7.05 Å². The van der Waals surface area contributed by atoms with Crippen LogP contribution in [0.1, 0.15) is 36.4 Å². The minimum absolute atomic E-state index is 0.238. The van der Waals surface area contributed by atoms with Crippen molar-refractivity contribution in [2.45, 2.75) is 31.8 Å². The summed E-state index contributed by atoms with van der Waals surface area (Å²) in [4.78, 5) is 8.24. The van der Waals surface area contributed by atoms with Gasteiger partial charge in [-0.05, 0) is 30.9 Å². The Hall–Kier alpha value is -2.76. The van der Waals surface area contributed by atoms with E-state index in [0.29, 0.717) is 22.9 Å². The maximum atomic E-state index is 15.2. The highest BCUT2D eigenvalue weighted by molar-refractivity contribution is 5.63. The van der Waals surface area contributed by atoms with Gasteiger partial charge in [0.05, 0.1) is 17.6 Å². The van der Waals surface area contributed by atoms with E-state index >= 15 is 4.39 Å². The number of hydrogen-bond acceptors (Lipinski definition) is 4. The summed E-state index contributed by atoms with van der Waals surface area (Å²) in [7, 11) is 1.85. The van der Waals surface area contributed by atoms with Gasteiger partial charge in [0.2, 0.25) is 0 Å². The average molecular weight is 338 g/mol. The van der Waals surface area contributed by atoms with Gasteiger partial charge in [-0.15, -0.1) is 0 Å². The second-order valence-corrected chi connectivity index (χ2v) is 6.33. The second kappa shape index (κ2) is 6.63. The molecule has 6 heteroatoms. The van der Waals surface area contributed by atoms with Gasteiger partial charge in [-0.1, -0.05) is 12.5 Å². The Labute approximate surface area is 145 Å². The molecule has 0 saturated heterocycles. The zero-order valence-corrected chi connectivity index (χ0v) is 14.0. The Morgan fingerprint density at radius 1 is 1.24 bits per heavy atom. The van der Waals surface area contributed by atoms with Crippen molar-refractivity contribution < 1.29 is 9.13 Å². The molecule has 1 aliphatic carbocycles. The van der Waals surface area contributed by atoms with E-state index in [2.05, 4.69) is 15.1 Å². The molecule has 0 unspecified atom stereocenters. The molecule has 1 fully saturated rings. The van der Waals surface area contributed by atoms with Crippen LogP contribution in [-0.2, 0) is 13.7 Å². The fourth-order valence-corrected chi connectivity index (χ4v) is 3.08. The number of aromatic nitrogens is 4. The first kappa shape index (κ1) is 15.7. The number of ether oxygens (including phenoxy) is 1. The molecule has 0 radical (unpaired) electrons. The number of nitrogens with zero attached hydrogens (tertiary/aromatic N) is 4. The number of benzene rings is 1. The van der Waals surface area contributed by atoms with Crippen LogP contribution >= 0.6 is 0 Å². The SMILES string of the molecule is Cn1ccc(COc2c(C3CCC3)ccc(-c3cnccn3)c2F)n1. The number of rotatable bonds is 5. The largest absolute Gasteiger partial charge is 0.484 e. The molecule has 128 valence electrons. The highest BCUT2D eigenvalue weighted by Crippen LogP contribution is 2.43. The number of halogens is 1. The average Bonchev–Trinajstić information content (AvgIpc) is 2.99. The van der Waals surface area contributed by atoms with Gasteiger partial charge in [-0.25, -0.2) is 4.39 Å². The summed E-state index contributed by atoms with van der Waals surface area (Å²) < 4.78 is 22.8. The molecule has 0 bridgehead atoms. The molecule has 2 heterocycles. The predicted octanol–water partition coefficient (Wildman–Crippen LogP) is 3.86. The molecular formula is C19H19FN4O. The molecular weight excluding hydrogens is 319 g/mol. The molecule has 0 amide bonds. The molecule has 3 aromatic rings. The molecule has 0 N–H and O–H groups in total. The zero-order chi connectivity index (χ0) is 17.2. The van der Waals surface area contributed by atoms with E-state index in [1.54, 1.807) is 29.3 Å². The molecule has 0 aliphatic heterocycles. The summed E-state index contributed by atoms with van der Waals surface area (Å²) in [5.74, 6) is 0.309. The fourth-order valence-electron chi connectivity index (χ4n) is 3.08. The van der Waals surface area contributed by atoms with Crippen LogP contribution in [0, 0.1) is 5.82 Å². The normalized spacial score (nSPS) is 14.3. The van der Waals surface area contributed by atoms with Gasteiger partial charge in [0.15, 0.2) is 11.6 Å². The van der Waals surface area contributed by atoms with Crippen molar-refractivity contribution >= 4 is 0 Å². The molecule has 1 aliphatic rings. The Balaban J connectivity index is 1.70. The first-order valence-corrected chi connectivity index (χ1v) is 8.42. The Morgan fingerprint density at radius 3 is 2.76 bits per heavy atom. The summed E-state index contributed by atoms with van der Waals surface area (Å²) in [6.45, 7) is 0.238. The first-order valence-electron chi connectivity index (χ1n) is 8.42. The van der Waals surface area contributed by atoms with Crippen LogP contribution < -0.4 is 4.74 Å². The highest BCUT2D eigenvalue weighted by atomic mass is 19.1. The summed E-state index contributed by atoms with van der Waals surface area (Å²) in [6, 6.07) is 5.61. The highest BCUT2D eigenvalue weighted by Gasteiger charge is 2.27. The maximum Gasteiger partial charge on any atom is 0.174 e. The van der Waals surface area contributed by atoms with Crippen LogP contribution in [-0.4, -0.2) is 19.7 Å². The van der Waals surface area contributed by atoms with Crippen LogP contribution in [0.5, 0.6) is 5.75 Å². The fraction of sp³-hybridized carbons (Fsp3) is 0.316. The summed E-state index contributed by atoms with van der Waals surface area (Å²) in [5, 5.41) is 4.29. The van der Waals surface area contributed by atoms with Crippen LogP contribution in [0.25, 0.3) is 11.3 Å². The number of aryl methyl sites for hydroxylation is 1. The maximum absolute atomic E-state index is 15.2. The molecule has 0 atom stereocenters. The quantitative estimate of drug-likeness (QED) is 0.709. The predicted molar refractivity (Wildman–Crippen MR) is 91.6 cm³/mol. The van der Waals surface area contributed by atoms with Gasteiger partial charge >= 0.3 is 0 Å². The van der Waals surface area contributed by atoms with Gasteiger partial charge in [-0.3, -0.25) is 14.6 Å². The lowest BCUT2D eigenvalue weighted by Crippen LogP contribution is -2.12. The van der Waals surface area contributed by atoms with Crippen LogP contribution in [0.2, 0.25) is 0 Å². The first-order chi connectivity index (χ1) is 12.2. The third kappa shape index (κ3) is 3.12. The van der Waals surface area contributed by atoms with Crippen molar-refractivity contribution in [3.05, 3.63) is 60.1 Å². The lowest BCUT2D eigenvalue weighted by atomic mass is 9.79. The van der Waals surface area contributed by atoms with Gasteiger partial charge in [0.1, 0.15) is 6.61 Å². The van der Waals surface area contributed by atoms with E-state index in [0.717, 1.165) is 24.1 Å². The van der Waals surface area contributed by atoms with Crippen LogP contribution in [0.4, 0.5) is 4.39 Å². The lowest BCUT2D eigenvalue weighted by Gasteiger charge is -2.28. The van der Waals surface area contributed by atoms with Gasteiger partial charge < -0.3 is 4.74 Å². The molecule has 1 aromatic carbocycles. The van der Waals surface area contributed by atoms with Crippen LogP contribution in [0.15, 0.2) is 43.0 Å². The smallest absolute Gasteiger partial charge is 0.174 e.